The van der Waals surface area contributed by atoms with Gasteiger partial charge in [0.05, 0.1) is 22.5 Å². The Bertz CT molecular complexity index is 646. The molecule has 0 bridgehead atoms. The van der Waals surface area contributed by atoms with Crippen LogP contribution in [0.25, 0.3) is 10.6 Å². The third-order valence-electron chi connectivity index (χ3n) is 3.22. The molecule has 0 radical (unpaired) electrons. The quantitative estimate of drug-likeness (QED) is 0.755. The molecule has 0 saturated carbocycles. The Labute approximate surface area is 121 Å². The maximum absolute atomic E-state index is 4.37. The normalized spacial score (nSPS) is 12.4. The van der Waals surface area contributed by atoms with Crippen molar-refractivity contribution in [2.75, 3.05) is 0 Å². The van der Waals surface area contributed by atoms with Gasteiger partial charge in [-0.1, -0.05) is 12.1 Å². The maximum Gasteiger partial charge on any atom is 0.0794 e. The predicted molar refractivity (Wildman–Crippen MR) is 81.4 cm³/mol. The first-order chi connectivity index (χ1) is 9.84. The van der Waals surface area contributed by atoms with Crippen LogP contribution in [0, 0.1) is 0 Å². The number of nitrogens with one attached hydrogen (secondary N) is 2. The Kier molecular flexibility index (Phi) is 3.90. The molecule has 0 aliphatic rings. The second kappa shape index (κ2) is 5.98. The lowest BCUT2D eigenvalue weighted by molar-refractivity contribution is 0.562. The summed E-state index contributed by atoms with van der Waals surface area (Å²) in [6.07, 6.45) is 3.70. The van der Waals surface area contributed by atoms with E-state index >= 15 is 0 Å². The van der Waals surface area contributed by atoms with Gasteiger partial charge in [0.2, 0.25) is 0 Å². The van der Waals surface area contributed by atoms with Gasteiger partial charge in [0.15, 0.2) is 0 Å². The van der Waals surface area contributed by atoms with Crippen LogP contribution in [-0.2, 0) is 6.54 Å². The van der Waals surface area contributed by atoms with Gasteiger partial charge in [-0.05, 0) is 30.5 Å². The van der Waals surface area contributed by atoms with Gasteiger partial charge in [-0.2, -0.15) is 5.10 Å². The number of pyridine rings is 1. The van der Waals surface area contributed by atoms with E-state index < -0.39 is 0 Å². The fourth-order valence-electron chi connectivity index (χ4n) is 2.08. The van der Waals surface area contributed by atoms with E-state index in [-0.39, 0.29) is 6.04 Å². The summed E-state index contributed by atoms with van der Waals surface area (Å²) in [6, 6.07) is 10.3. The molecule has 4 nitrogen and oxygen atoms in total. The van der Waals surface area contributed by atoms with Crippen molar-refractivity contribution in [1.82, 2.24) is 20.5 Å². The Morgan fingerprint density at radius 2 is 2.25 bits per heavy atom. The van der Waals surface area contributed by atoms with Gasteiger partial charge in [-0.3, -0.25) is 10.1 Å². The molecule has 1 atom stereocenters. The van der Waals surface area contributed by atoms with Gasteiger partial charge in [0.1, 0.15) is 0 Å². The molecular weight excluding hydrogens is 268 g/mol. The number of aromatic nitrogens is 3. The van der Waals surface area contributed by atoms with Gasteiger partial charge < -0.3 is 5.32 Å². The third kappa shape index (κ3) is 2.79. The summed E-state index contributed by atoms with van der Waals surface area (Å²) >= 11 is 1.71. The van der Waals surface area contributed by atoms with Crippen LogP contribution in [0.5, 0.6) is 0 Å². The standard InChI is InChI=1S/C15H16N4S/c1-11(13-5-2-3-7-16-13)17-9-12-10-18-19-15(12)14-6-4-8-20-14/h2-8,10-11,17H,9H2,1H3,(H,18,19)/t11-/m0/s1. The van der Waals surface area contributed by atoms with Crippen molar-refractivity contribution in [3.63, 3.8) is 0 Å². The van der Waals surface area contributed by atoms with Crippen molar-refractivity contribution >= 4 is 11.3 Å². The summed E-state index contributed by atoms with van der Waals surface area (Å²) in [4.78, 5) is 5.58. The molecule has 0 aliphatic heterocycles. The van der Waals surface area contributed by atoms with E-state index in [0.717, 1.165) is 17.9 Å². The molecule has 0 saturated heterocycles. The Morgan fingerprint density at radius 3 is 3.00 bits per heavy atom. The summed E-state index contributed by atoms with van der Waals surface area (Å²) in [5.74, 6) is 0. The van der Waals surface area contributed by atoms with Crippen molar-refractivity contribution in [3.8, 4) is 10.6 Å². The van der Waals surface area contributed by atoms with Gasteiger partial charge in [0.25, 0.3) is 0 Å². The average molecular weight is 284 g/mol. The minimum Gasteiger partial charge on any atom is -0.305 e. The Hall–Kier alpha value is -1.98. The van der Waals surface area contributed by atoms with E-state index in [1.807, 2.05) is 30.6 Å². The van der Waals surface area contributed by atoms with Crippen LogP contribution in [0.4, 0.5) is 0 Å². The highest BCUT2D eigenvalue weighted by atomic mass is 32.1. The lowest BCUT2D eigenvalue weighted by Crippen LogP contribution is -2.19. The third-order valence-corrected chi connectivity index (χ3v) is 4.10. The first-order valence-corrected chi connectivity index (χ1v) is 7.43. The summed E-state index contributed by atoms with van der Waals surface area (Å²) in [7, 11) is 0. The molecule has 20 heavy (non-hydrogen) atoms. The molecule has 3 aromatic heterocycles. The molecule has 5 heteroatoms. The number of hydrogen-bond donors (Lipinski definition) is 2. The fraction of sp³-hybridized carbons (Fsp3) is 0.200. The molecule has 3 heterocycles. The van der Waals surface area contributed by atoms with Gasteiger partial charge in [-0.15, -0.1) is 11.3 Å². The Balaban J connectivity index is 1.69. The number of aromatic amines is 1. The monoisotopic (exact) mass is 284 g/mol. The van der Waals surface area contributed by atoms with E-state index in [2.05, 4.69) is 44.9 Å². The molecule has 3 aromatic rings. The van der Waals surface area contributed by atoms with Gasteiger partial charge in [0, 0.05) is 24.3 Å². The van der Waals surface area contributed by atoms with Crippen LogP contribution in [0.15, 0.2) is 48.1 Å². The van der Waals surface area contributed by atoms with E-state index in [9.17, 15) is 0 Å². The zero-order chi connectivity index (χ0) is 13.8. The van der Waals surface area contributed by atoms with E-state index in [0.29, 0.717) is 0 Å². The number of thiophene rings is 1. The van der Waals surface area contributed by atoms with Crippen LogP contribution in [-0.4, -0.2) is 15.2 Å². The fourth-order valence-corrected chi connectivity index (χ4v) is 2.83. The highest BCUT2D eigenvalue weighted by Gasteiger charge is 2.11. The molecule has 0 aromatic carbocycles. The summed E-state index contributed by atoms with van der Waals surface area (Å²) in [5, 5.41) is 12.8. The van der Waals surface area contributed by atoms with Crippen molar-refractivity contribution in [2.45, 2.75) is 19.5 Å². The molecule has 102 valence electrons. The highest BCUT2D eigenvalue weighted by molar-refractivity contribution is 7.13. The van der Waals surface area contributed by atoms with Crippen molar-refractivity contribution < 1.29 is 0 Å². The van der Waals surface area contributed by atoms with Crippen LogP contribution < -0.4 is 5.32 Å². The summed E-state index contributed by atoms with van der Waals surface area (Å²) < 4.78 is 0. The predicted octanol–water partition coefficient (Wildman–Crippen LogP) is 3.38. The second-order valence-electron chi connectivity index (χ2n) is 4.60. The largest absolute Gasteiger partial charge is 0.305 e. The van der Waals surface area contributed by atoms with E-state index in [4.69, 9.17) is 0 Å². The van der Waals surface area contributed by atoms with Crippen LogP contribution >= 0.6 is 11.3 Å². The molecule has 3 rings (SSSR count). The number of nitrogens with zero attached hydrogens (tertiary/aromatic N) is 2. The zero-order valence-corrected chi connectivity index (χ0v) is 12.0. The van der Waals surface area contributed by atoms with Crippen molar-refractivity contribution in [3.05, 3.63) is 59.4 Å². The molecule has 2 N–H and O–H groups in total. The minimum atomic E-state index is 0.210. The molecule has 0 fully saturated rings. The number of rotatable bonds is 5. The van der Waals surface area contributed by atoms with Crippen LogP contribution in [0.1, 0.15) is 24.2 Å². The zero-order valence-electron chi connectivity index (χ0n) is 11.2. The molecule has 0 aliphatic carbocycles. The lowest BCUT2D eigenvalue weighted by Gasteiger charge is -2.12. The first kappa shape index (κ1) is 13.0. The van der Waals surface area contributed by atoms with Crippen molar-refractivity contribution in [1.29, 1.82) is 0 Å². The summed E-state index contributed by atoms with van der Waals surface area (Å²) in [6.45, 7) is 2.88. The highest BCUT2D eigenvalue weighted by Crippen LogP contribution is 2.26. The maximum atomic E-state index is 4.37. The Morgan fingerprint density at radius 1 is 1.30 bits per heavy atom. The lowest BCUT2D eigenvalue weighted by atomic mass is 10.2. The van der Waals surface area contributed by atoms with Gasteiger partial charge >= 0.3 is 0 Å². The van der Waals surface area contributed by atoms with Gasteiger partial charge in [-0.25, -0.2) is 0 Å². The topological polar surface area (TPSA) is 53.6 Å². The summed E-state index contributed by atoms with van der Waals surface area (Å²) in [5.41, 5.74) is 3.32. The SMILES string of the molecule is C[C@H](NCc1cn[nH]c1-c1cccs1)c1ccccn1. The molecular formula is C15H16N4S. The molecule has 0 amide bonds. The number of H-pyrrole nitrogens is 1. The van der Waals surface area contributed by atoms with Crippen LogP contribution in [0.3, 0.4) is 0 Å². The smallest absolute Gasteiger partial charge is 0.0794 e. The number of hydrogen-bond acceptors (Lipinski definition) is 4. The van der Waals surface area contributed by atoms with E-state index in [1.165, 1.54) is 10.4 Å². The average Bonchev–Trinajstić information content (AvgIpc) is 3.16. The molecule has 0 spiro atoms. The van der Waals surface area contributed by atoms with Crippen molar-refractivity contribution in [2.24, 2.45) is 0 Å². The second-order valence-corrected chi connectivity index (χ2v) is 5.55. The first-order valence-electron chi connectivity index (χ1n) is 6.55. The molecule has 0 unspecified atom stereocenters. The van der Waals surface area contributed by atoms with E-state index in [1.54, 1.807) is 11.3 Å². The minimum absolute atomic E-state index is 0.210. The van der Waals surface area contributed by atoms with Crippen LogP contribution in [0.2, 0.25) is 0 Å².